The van der Waals surface area contributed by atoms with Crippen LogP contribution in [0.5, 0.6) is 0 Å². The molecule has 0 aromatic heterocycles. The first kappa shape index (κ1) is 72.4. The van der Waals surface area contributed by atoms with Gasteiger partial charge in [0.15, 0.2) is 6.10 Å². The zero-order valence-electron chi connectivity index (χ0n) is 51.0. The molecule has 0 spiro atoms. The lowest BCUT2D eigenvalue weighted by Gasteiger charge is -2.46. The highest BCUT2D eigenvalue weighted by Crippen LogP contribution is 2.53. The van der Waals surface area contributed by atoms with Gasteiger partial charge < -0.3 is 43.4 Å². The highest BCUT2D eigenvalue weighted by atomic mass is 31.2. The van der Waals surface area contributed by atoms with E-state index >= 15 is 4.57 Å². The van der Waals surface area contributed by atoms with Gasteiger partial charge in [0.05, 0.1) is 45.5 Å². The Bertz CT molecular complexity index is 2170. The number of hydrogen-bond acceptors (Lipinski definition) is 16. The molecule has 0 radical (unpaired) electrons. The molecule has 0 bridgehead atoms. The second-order valence-electron chi connectivity index (χ2n) is 22.2. The van der Waals surface area contributed by atoms with Crippen LogP contribution in [-0.4, -0.2) is 98.3 Å². The van der Waals surface area contributed by atoms with Gasteiger partial charge in [-0.2, -0.15) is 5.26 Å². The van der Waals surface area contributed by atoms with Gasteiger partial charge in [-0.1, -0.05) is 259 Å². The van der Waals surface area contributed by atoms with Crippen LogP contribution in [0.2, 0.25) is 0 Å². The van der Waals surface area contributed by atoms with Gasteiger partial charge in [0.25, 0.3) is 0 Å². The van der Waals surface area contributed by atoms with Gasteiger partial charge in [-0.05, 0) is 29.5 Å². The van der Waals surface area contributed by atoms with Crippen LogP contribution in [0.4, 0.5) is 0 Å². The van der Waals surface area contributed by atoms with Crippen molar-refractivity contribution in [3.8, 4) is 6.07 Å². The summed E-state index contributed by atoms with van der Waals surface area (Å²) >= 11 is 0. The number of nitriles is 1. The van der Waals surface area contributed by atoms with E-state index in [2.05, 4.69) is 13.8 Å². The molecule has 84 heavy (non-hydrogen) atoms. The molecule has 3 aromatic carbocycles. The third-order valence-electron chi connectivity index (χ3n) is 15.0. The van der Waals surface area contributed by atoms with Crippen LogP contribution in [0.15, 0.2) is 91.0 Å². The number of unbranched alkanes of at least 4 members (excludes halogenated alkanes) is 24. The van der Waals surface area contributed by atoms with Crippen LogP contribution in [0, 0.1) is 11.3 Å². The highest BCUT2D eigenvalue weighted by Gasteiger charge is 2.55. The van der Waals surface area contributed by atoms with E-state index in [0.29, 0.717) is 12.8 Å². The molecule has 16 nitrogen and oxygen atoms in total. The molecule has 0 saturated heterocycles. The monoisotopic (exact) mass is 1190 g/mol. The van der Waals surface area contributed by atoms with E-state index in [9.17, 15) is 25.1 Å². The first-order chi connectivity index (χ1) is 41.2. The molecular formula is C67H104NO15P. The summed E-state index contributed by atoms with van der Waals surface area (Å²) in [4.78, 5) is 26.8. The number of hydrogen-bond donors (Lipinski definition) is 2. The minimum absolute atomic E-state index is 0.0320. The molecular weight excluding hydrogens is 1090 g/mol. The van der Waals surface area contributed by atoms with Crippen LogP contribution in [0.3, 0.4) is 0 Å². The summed E-state index contributed by atoms with van der Waals surface area (Å²) in [6.07, 6.45) is 19.6. The van der Waals surface area contributed by atoms with Crippen molar-refractivity contribution in [1.82, 2.24) is 0 Å². The van der Waals surface area contributed by atoms with Crippen molar-refractivity contribution < 1.29 is 71.1 Å². The molecule has 0 amide bonds. The van der Waals surface area contributed by atoms with Gasteiger partial charge in [0, 0.05) is 12.8 Å². The van der Waals surface area contributed by atoms with Crippen LogP contribution < -0.4 is 0 Å². The number of rotatable bonds is 52. The zero-order chi connectivity index (χ0) is 60.0. The number of ether oxygens (including phenoxy) is 7. The zero-order valence-corrected chi connectivity index (χ0v) is 51.9. The number of aliphatic hydroxyl groups is 2. The maximum Gasteiger partial charge on any atom is 0.475 e. The third kappa shape index (κ3) is 32.6. The minimum atomic E-state index is -4.93. The number of phosphoric acid groups is 1. The number of benzene rings is 3. The fourth-order valence-electron chi connectivity index (χ4n) is 10.2. The Kier molecular flexibility index (Phi) is 40.5. The summed E-state index contributed by atoms with van der Waals surface area (Å²) in [6, 6.07) is 29.9. The molecule has 3 aromatic rings. The van der Waals surface area contributed by atoms with Crippen molar-refractivity contribution in [2.45, 2.75) is 263 Å². The van der Waals surface area contributed by atoms with Crippen molar-refractivity contribution in [2.24, 2.45) is 0 Å². The van der Waals surface area contributed by atoms with Crippen molar-refractivity contribution in [3.63, 3.8) is 0 Å². The topological polar surface area (TPSA) is 208 Å². The van der Waals surface area contributed by atoms with E-state index < -0.39 is 89.1 Å². The molecule has 4 rings (SSSR count). The van der Waals surface area contributed by atoms with Gasteiger partial charge in [-0.15, -0.1) is 0 Å². The van der Waals surface area contributed by atoms with Crippen LogP contribution >= 0.6 is 7.82 Å². The average Bonchev–Trinajstić information content (AvgIpc) is 3.58. The summed E-state index contributed by atoms with van der Waals surface area (Å²) in [5.74, 6) is -1.02. The standard InChI is InChI=1S/C67H104NO15P/c1-3-5-7-9-11-13-15-17-19-21-23-25-36-45-60(69)76-52-59(82-61(70)46-37-26-24-22-20-18-16-14-12-10-8-6-4-2)53-81-84(73,80-48-38-47-68)83-67-65(78-54-74-49-56-39-30-27-31-40-56)63(72)62(71)64(77-51-58-43-34-29-35-44-58)66(67)79-55-75-50-57-41-32-28-33-42-57/h27-35,39-44,59,62-67,71-72H,3-26,36-38,45-46,48-55H2,1-2H3/t59-,62+,63+,64-,65-,66-,67+,84?/m1/s1. The smallest absolute Gasteiger partial charge is 0.462 e. The molecule has 2 N–H and O–H groups in total. The summed E-state index contributed by atoms with van der Waals surface area (Å²) < 4.78 is 75.8. The second-order valence-corrected chi connectivity index (χ2v) is 23.9. The largest absolute Gasteiger partial charge is 0.475 e. The van der Waals surface area contributed by atoms with Crippen LogP contribution in [-0.2, 0) is 80.7 Å². The van der Waals surface area contributed by atoms with E-state index in [4.69, 9.17) is 46.7 Å². The molecule has 0 aliphatic heterocycles. The predicted molar refractivity (Wildman–Crippen MR) is 325 cm³/mol. The Morgan fingerprint density at radius 1 is 0.488 bits per heavy atom. The van der Waals surface area contributed by atoms with Gasteiger partial charge in [-0.3, -0.25) is 23.2 Å². The second kappa shape index (κ2) is 47.0. The van der Waals surface area contributed by atoms with Gasteiger partial charge in [-0.25, -0.2) is 4.57 Å². The first-order valence-electron chi connectivity index (χ1n) is 31.9. The average molecular weight is 1190 g/mol. The minimum Gasteiger partial charge on any atom is -0.462 e. The lowest BCUT2D eigenvalue weighted by Crippen LogP contribution is -2.66. The van der Waals surface area contributed by atoms with Crippen molar-refractivity contribution >= 4 is 19.8 Å². The summed E-state index contributed by atoms with van der Waals surface area (Å²) in [7, 11) is -4.93. The number of nitrogens with zero attached hydrogens (tertiary/aromatic N) is 1. The van der Waals surface area contributed by atoms with Crippen LogP contribution in [0.1, 0.15) is 217 Å². The maximum atomic E-state index is 15.3. The number of phosphoric ester groups is 1. The molecule has 1 saturated carbocycles. The van der Waals surface area contributed by atoms with E-state index in [0.717, 1.165) is 61.6 Å². The lowest BCUT2D eigenvalue weighted by molar-refractivity contribution is -0.280. The lowest BCUT2D eigenvalue weighted by atomic mass is 9.84. The van der Waals surface area contributed by atoms with Crippen molar-refractivity contribution in [1.29, 1.82) is 5.26 Å². The molecule has 1 fully saturated rings. The summed E-state index contributed by atoms with van der Waals surface area (Å²) in [6.45, 7) is 2.48. The highest BCUT2D eigenvalue weighted by molar-refractivity contribution is 7.48. The summed E-state index contributed by atoms with van der Waals surface area (Å²) in [5.41, 5.74) is 2.45. The third-order valence-corrected chi connectivity index (χ3v) is 16.5. The Morgan fingerprint density at radius 2 is 0.881 bits per heavy atom. The Hall–Kier alpha value is -4.08. The van der Waals surface area contributed by atoms with E-state index in [1.54, 1.807) is 0 Å². The molecule has 472 valence electrons. The van der Waals surface area contributed by atoms with Crippen molar-refractivity contribution in [3.05, 3.63) is 108 Å². The van der Waals surface area contributed by atoms with Gasteiger partial charge >= 0.3 is 19.8 Å². The Balaban J connectivity index is 1.50. The van der Waals surface area contributed by atoms with Crippen molar-refractivity contribution in [2.75, 3.05) is 33.4 Å². The normalized spacial score (nSPS) is 18.9. The molecule has 1 aliphatic rings. The quantitative estimate of drug-likeness (QED) is 0.0233. The first-order valence-corrected chi connectivity index (χ1v) is 33.4. The fourth-order valence-corrected chi connectivity index (χ4v) is 11.6. The number of aliphatic hydroxyl groups excluding tert-OH is 2. The predicted octanol–water partition coefficient (Wildman–Crippen LogP) is 15.3. The SMILES string of the molecule is CCCCCCCCCCCCCCCC(=O)OC[C@H](COP(=O)(OCCC#N)O[C@@H]1[C@H](OCOCc2ccccc2)[C@H](OCc2ccccc2)[C@@H](O)[C@H](O)[C@H]1OCOCc1ccccc1)OC(=O)CCCCCCCCCCCCCCC. The Labute approximate surface area is 503 Å². The maximum absolute atomic E-state index is 15.3. The molecule has 1 aliphatic carbocycles. The number of carbonyl (C=O) groups excluding carboxylic acids is 2. The molecule has 17 heteroatoms. The van der Waals surface area contributed by atoms with Gasteiger partial charge in [0.1, 0.15) is 56.8 Å². The fraction of sp³-hybridized carbons (Fsp3) is 0.687. The van der Waals surface area contributed by atoms with Gasteiger partial charge in [0.2, 0.25) is 0 Å². The van der Waals surface area contributed by atoms with Crippen LogP contribution in [0.25, 0.3) is 0 Å². The van der Waals surface area contributed by atoms with E-state index in [1.807, 2.05) is 97.1 Å². The Morgan fingerprint density at radius 3 is 1.32 bits per heavy atom. The number of carbonyl (C=O) groups is 2. The van der Waals surface area contributed by atoms with E-state index in [1.165, 1.54) is 109 Å². The molecule has 0 heterocycles. The molecule has 8 atom stereocenters. The molecule has 1 unspecified atom stereocenters. The van der Waals surface area contributed by atoms with E-state index in [-0.39, 0.29) is 45.9 Å². The number of esters is 2. The summed E-state index contributed by atoms with van der Waals surface area (Å²) in [5, 5.41) is 33.4.